The summed E-state index contributed by atoms with van der Waals surface area (Å²) in [6.45, 7) is 1.37. The van der Waals surface area contributed by atoms with Crippen molar-refractivity contribution in [2.75, 3.05) is 0 Å². The maximum Gasteiger partial charge on any atom is 2.00 e. The molecule has 0 heterocycles. The normalized spacial score (nSPS) is 13.3. The first-order valence-electron chi connectivity index (χ1n) is 2.58. The summed E-state index contributed by atoms with van der Waals surface area (Å²) in [5.74, 6) is -1.52. The van der Waals surface area contributed by atoms with E-state index >= 15 is 0 Å². The van der Waals surface area contributed by atoms with Crippen LogP contribution in [0.5, 0.6) is 0 Å². The Morgan fingerprint density at radius 3 is 2.00 bits per heavy atom. The summed E-state index contributed by atoms with van der Waals surface area (Å²) in [6.07, 6.45) is -0.131. The quantitative estimate of drug-likeness (QED) is 0.487. The third-order valence-electron chi connectivity index (χ3n) is 1.01. The molecular weight excluding hydrogens is 200 g/mol. The first-order chi connectivity index (χ1) is 4.39. The summed E-state index contributed by atoms with van der Waals surface area (Å²) >= 11 is 0. The minimum Gasteiger partial charge on any atom is -1.00 e. The number of rotatable bonds is 3. The molecule has 0 aromatic carbocycles. The van der Waals surface area contributed by atoms with Gasteiger partial charge in [0.05, 0.1) is 0 Å². The van der Waals surface area contributed by atoms with Crippen molar-refractivity contribution in [1.29, 1.82) is 0 Å². The molecule has 5 nitrogen and oxygen atoms in total. The van der Waals surface area contributed by atoms with Gasteiger partial charge in [-0.2, -0.15) is 8.42 Å². The van der Waals surface area contributed by atoms with Gasteiger partial charge in [0.25, 0.3) is 10.1 Å². The van der Waals surface area contributed by atoms with Crippen molar-refractivity contribution in [3.63, 3.8) is 0 Å². The van der Waals surface area contributed by atoms with Crippen LogP contribution in [-0.2, 0) is 14.9 Å². The second-order valence-electron chi connectivity index (χ2n) is 1.75. The largest absolute Gasteiger partial charge is 2.00 e. The van der Waals surface area contributed by atoms with E-state index in [1.165, 1.54) is 6.92 Å². The maximum absolute atomic E-state index is 10.2. The van der Waals surface area contributed by atoms with E-state index in [2.05, 4.69) is 0 Å². The van der Waals surface area contributed by atoms with E-state index in [4.69, 9.17) is 9.66 Å². The first-order valence-corrected chi connectivity index (χ1v) is 4.09. The SMILES string of the molecule is CCC(C(=O)O)S(=O)(=O)O.[Ca+2].[H-].[H-]. The molecule has 1 atom stereocenters. The van der Waals surface area contributed by atoms with Crippen LogP contribution >= 0.6 is 0 Å². The van der Waals surface area contributed by atoms with Crippen LogP contribution in [0.4, 0.5) is 0 Å². The number of carboxylic acids is 1. The fourth-order valence-corrected chi connectivity index (χ4v) is 1.19. The third-order valence-corrected chi connectivity index (χ3v) is 2.26. The van der Waals surface area contributed by atoms with Crippen molar-refractivity contribution in [3.8, 4) is 0 Å². The molecule has 0 saturated carbocycles. The second-order valence-corrected chi connectivity index (χ2v) is 3.35. The predicted molar refractivity (Wildman–Crippen MR) is 41.2 cm³/mol. The number of carbonyl (C=O) groups is 1. The predicted octanol–water partition coefficient (Wildman–Crippen LogP) is -0.418. The van der Waals surface area contributed by atoms with Gasteiger partial charge in [-0.3, -0.25) is 9.35 Å². The molecule has 11 heavy (non-hydrogen) atoms. The van der Waals surface area contributed by atoms with Crippen molar-refractivity contribution in [1.82, 2.24) is 0 Å². The van der Waals surface area contributed by atoms with Crippen LogP contribution in [0, 0.1) is 0 Å². The summed E-state index contributed by atoms with van der Waals surface area (Å²) in [7, 11) is -4.41. The molecule has 0 aromatic rings. The molecule has 0 aliphatic rings. The molecule has 7 heteroatoms. The Hall–Kier alpha value is 0.640. The number of hydrogen-bond acceptors (Lipinski definition) is 3. The van der Waals surface area contributed by atoms with Gasteiger partial charge in [0, 0.05) is 0 Å². The van der Waals surface area contributed by atoms with E-state index < -0.39 is 21.3 Å². The summed E-state index contributed by atoms with van der Waals surface area (Å²) in [4.78, 5) is 10.0. The van der Waals surface area contributed by atoms with Gasteiger partial charge in [-0.05, 0) is 6.42 Å². The Morgan fingerprint density at radius 2 is 2.00 bits per heavy atom. The molecule has 0 saturated heterocycles. The molecule has 0 aliphatic carbocycles. The average Bonchev–Trinajstić information content (AvgIpc) is 1.60. The molecule has 0 amide bonds. The molecule has 64 valence electrons. The van der Waals surface area contributed by atoms with Gasteiger partial charge < -0.3 is 7.96 Å². The molecule has 0 spiro atoms. The number of carboxylic acid groups (broad SMARTS) is 1. The van der Waals surface area contributed by atoms with E-state index in [9.17, 15) is 13.2 Å². The van der Waals surface area contributed by atoms with Crippen LogP contribution in [0.2, 0.25) is 0 Å². The van der Waals surface area contributed by atoms with Gasteiger partial charge >= 0.3 is 43.7 Å². The van der Waals surface area contributed by atoms with Crippen LogP contribution in [-0.4, -0.2) is 67.0 Å². The molecule has 0 aromatic heterocycles. The molecular formula is C4H10CaO5S. The van der Waals surface area contributed by atoms with Gasteiger partial charge in [0.15, 0.2) is 5.25 Å². The molecule has 0 aliphatic heterocycles. The van der Waals surface area contributed by atoms with Crippen LogP contribution < -0.4 is 0 Å². The molecule has 0 bridgehead atoms. The van der Waals surface area contributed by atoms with Gasteiger partial charge in [-0.1, -0.05) is 6.92 Å². The zero-order valence-corrected chi connectivity index (χ0v) is 9.04. The Kier molecular flexibility index (Phi) is 6.85. The van der Waals surface area contributed by atoms with Gasteiger partial charge in [-0.25, -0.2) is 0 Å². The molecule has 0 fully saturated rings. The zero-order chi connectivity index (χ0) is 8.36. The van der Waals surface area contributed by atoms with Crippen LogP contribution in [0.3, 0.4) is 0 Å². The Morgan fingerprint density at radius 1 is 1.64 bits per heavy atom. The van der Waals surface area contributed by atoms with Crippen molar-refractivity contribution in [2.24, 2.45) is 0 Å². The Labute approximate surface area is 97.5 Å². The standard InChI is InChI=1S/C4H8O5S.Ca.2H/c1-2-3(4(5)6)10(7,8)9;;;/h3H,2H2,1H3,(H,5,6)(H,7,8,9);;;/q;+2;2*-1. The first kappa shape index (κ1) is 14.2. The fourth-order valence-electron chi connectivity index (χ4n) is 0.513. The van der Waals surface area contributed by atoms with E-state index in [0.29, 0.717) is 0 Å². The van der Waals surface area contributed by atoms with Crippen molar-refractivity contribution in [3.05, 3.63) is 0 Å². The van der Waals surface area contributed by atoms with Gasteiger partial charge in [0.1, 0.15) is 0 Å². The maximum atomic E-state index is 10.2. The number of aliphatic carboxylic acids is 1. The summed E-state index contributed by atoms with van der Waals surface area (Å²) in [5.41, 5.74) is 0. The Bertz CT molecular complexity index is 229. The summed E-state index contributed by atoms with van der Waals surface area (Å²) in [6, 6.07) is 0. The van der Waals surface area contributed by atoms with Crippen molar-refractivity contribution >= 4 is 53.8 Å². The monoisotopic (exact) mass is 210 g/mol. The van der Waals surface area contributed by atoms with Gasteiger partial charge in [0.2, 0.25) is 0 Å². The molecule has 2 N–H and O–H groups in total. The molecule has 0 radical (unpaired) electrons. The summed E-state index contributed by atoms with van der Waals surface area (Å²) in [5, 5.41) is 6.48. The van der Waals surface area contributed by atoms with Crippen LogP contribution in [0.1, 0.15) is 16.2 Å². The minimum atomic E-state index is -4.41. The molecule has 0 rings (SSSR count). The average molecular weight is 210 g/mol. The molecule has 1 unspecified atom stereocenters. The topological polar surface area (TPSA) is 91.7 Å². The smallest absolute Gasteiger partial charge is 1.00 e. The second kappa shape index (κ2) is 5.31. The fraction of sp³-hybridized carbons (Fsp3) is 0.750. The van der Waals surface area contributed by atoms with E-state index in [1.807, 2.05) is 0 Å². The number of hydrogen-bond donors (Lipinski definition) is 2. The van der Waals surface area contributed by atoms with Gasteiger partial charge in [-0.15, -0.1) is 0 Å². The Balaban J connectivity index is -0.000000135. The van der Waals surface area contributed by atoms with E-state index in [1.54, 1.807) is 0 Å². The van der Waals surface area contributed by atoms with Crippen LogP contribution in [0.25, 0.3) is 0 Å². The van der Waals surface area contributed by atoms with Crippen LogP contribution in [0.15, 0.2) is 0 Å². The van der Waals surface area contributed by atoms with E-state index in [-0.39, 0.29) is 47.0 Å². The van der Waals surface area contributed by atoms with Crippen molar-refractivity contribution in [2.45, 2.75) is 18.6 Å². The minimum absolute atomic E-state index is 0. The third kappa shape index (κ3) is 4.97. The summed E-state index contributed by atoms with van der Waals surface area (Å²) < 4.78 is 28.6. The zero-order valence-electron chi connectivity index (χ0n) is 8.02. The van der Waals surface area contributed by atoms with Crippen molar-refractivity contribution < 1.29 is 25.7 Å². The van der Waals surface area contributed by atoms with E-state index in [0.717, 1.165) is 0 Å².